The Balaban J connectivity index is 1.58. The Hall–Kier alpha value is -3.07. The molecule has 0 aliphatic carbocycles. The van der Waals surface area contributed by atoms with E-state index in [0.717, 1.165) is 23.5 Å². The van der Waals surface area contributed by atoms with Crippen molar-refractivity contribution in [2.75, 3.05) is 37.7 Å². The SMILES string of the molecule is N#Cc1c(N)sc2c(F)ccc(-c3c(F)cc4c(c3Cl)OCC[C@H]3CN(C(=O)CCS)CCN3C4=O)c12. The average molecular weight is 563 g/mol. The van der Waals surface area contributed by atoms with Gasteiger partial charge in [-0.05, 0) is 23.4 Å². The maximum absolute atomic E-state index is 15.7. The fourth-order valence-corrected chi connectivity index (χ4v) is 6.45. The number of hydrogen-bond acceptors (Lipinski definition) is 7. The molecule has 37 heavy (non-hydrogen) atoms. The number of fused-ring (bicyclic) bond motifs is 3. The molecule has 3 aromatic rings. The van der Waals surface area contributed by atoms with Crippen LogP contribution in [0.2, 0.25) is 5.02 Å². The first-order valence-electron chi connectivity index (χ1n) is 11.5. The summed E-state index contributed by atoms with van der Waals surface area (Å²) in [6.45, 7) is 1.19. The van der Waals surface area contributed by atoms with Gasteiger partial charge < -0.3 is 20.3 Å². The van der Waals surface area contributed by atoms with E-state index in [-0.39, 0.29) is 66.7 Å². The van der Waals surface area contributed by atoms with Gasteiger partial charge in [0.15, 0.2) is 5.75 Å². The zero-order chi connectivity index (χ0) is 26.4. The minimum absolute atomic E-state index is 0.0225. The van der Waals surface area contributed by atoms with E-state index in [2.05, 4.69) is 12.6 Å². The summed E-state index contributed by atoms with van der Waals surface area (Å²) >= 11 is 11.7. The fraction of sp³-hybridized carbons (Fsp3) is 0.320. The molecular formula is C25H21ClF2N4O3S2. The number of nitrogen functional groups attached to an aromatic ring is 1. The number of thiophene rings is 1. The predicted molar refractivity (Wildman–Crippen MR) is 141 cm³/mol. The van der Waals surface area contributed by atoms with Crippen LogP contribution in [0.4, 0.5) is 13.8 Å². The van der Waals surface area contributed by atoms with Gasteiger partial charge in [-0.2, -0.15) is 17.9 Å². The standard InChI is InChI=1S/C25H21ClF2N4O3S2/c26-21-20(13-1-2-16(27)23-19(13)15(10-29)24(30)37-23)17(28)9-14-22(21)35-7-3-12-11-31(18(33)4-8-36)5-6-32(12)25(14)34/h1-2,9,12,36H,3-8,11,30H2/t12-/m0/s1. The Labute approximate surface area is 225 Å². The lowest BCUT2D eigenvalue weighted by Crippen LogP contribution is -2.57. The first-order chi connectivity index (χ1) is 17.8. The van der Waals surface area contributed by atoms with Gasteiger partial charge in [0.05, 0.1) is 33.5 Å². The number of carbonyl (C=O) groups is 2. The summed E-state index contributed by atoms with van der Waals surface area (Å²) in [6, 6.07) is 5.23. The summed E-state index contributed by atoms with van der Waals surface area (Å²) in [6.07, 6.45) is 0.756. The number of ether oxygens (including phenoxy) is 1. The third kappa shape index (κ3) is 4.27. The number of thiol groups is 1. The molecule has 2 aliphatic heterocycles. The van der Waals surface area contributed by atoms with E-state index in [9.17, 15) is 19.2 Å². The average Bonchev–Trinajstić information content (AvgIpc) is 3.22. The van der Waals surface area contributed by atoms with E-state index < -0.39 is 17.5 Å². The molecule has 12 heteroatoms. The molecule has 1 atom stereocenters. The van der Waals surface area contributed by atoms with Gasteiger partial charge >= 0.3 is 0 Å². The van der Waals surface area contributed by atoms with Gasteiger partial charge in [-0.1, -0.05) is 17.7 Å². The third-order valence-electron chi connectivity index (χ3n) is 6.72. The van der Waals surface area contributed by atoms with Gasteiger partial charge in [0.2, 0.25) is 5.91 Å². The molecule has 7 nitrogen and oxygen atoms in total. The second-order valence-corrected chi connectivity index (χ2v) is 10.7. The number of carbonyl (C=O) groups excluding carboxylic acids is 2. The Bertz CT molecular complexity index is 1490. The van der Waals surface area contributed by atoms with Crippen LogP contribution in [0.3, 0.4) is 0 Å². The number of hydrogen-bond donors (Lipinski definition) is 2. The molecule has 192 valence electrons. The highest BCUT2D eigenvalue weighted by Crippen LogP contribution is 2.47. The maximum atomic E-state index is 15.7. The number of rotatable bonds is 3. The summed E-state index contributed by atoms with van der Waals surface area (Å²) < 4.78 is 36.3. The number of nitriles is 1. The summed E-state index contributed by atoms with van der Waals surface area (Å²) in [4.78, 5) is 29.2. The normalized spacial score (nSPS) is 17.5. The summed E-state index contributed by atoms with van der Waals surface area (Å²) in [5.41, 5.74) is 6.00. The molecule has 1 aromatic heterocycles. The van der Waals surface area contributed by atoms with Crippen LogP contribution >= 0.6 is 35.6 Å². The van der Waals surface area contributed by atoms with Gasteiger partial charge in [-0.25, -0.2) is 8.78 Å². The van der Waals surface area contributed by atoms with Gasteiger partial charge in [0.1, 0.15) is 22.7 Å². The van der Waals surface area contributed by atoms with Crippen LogP contribution in [0.15, 0.2) is 18.2 Å². The number of amides is 2. The number of nitrogens with two attached hydrogens (primary N) is 1. The molecular weight excluding hydrogens is 542 g/mol. The molecule has 0 bridgehead atoms. The minimum Gasteiger partial charge on any atom is -0.491 e. The highest BCUT2D eigenvalue weighted by molar-refractivity contribution is 7.80. The molecule has 3 heterocycles. The molecule has 1 saturated heterocycles. The Morgan fingerprint density at radius 3 is 2.81 bits per heavy atom. The van der Waals surface area contributed by atoms with Gasteiger partial charge in [-0.15, -0.1) is 11.3 Å². The highest BCUT2D eigenvalue weighted by Gasteiger charge is 2.37. The molecule has 0 radical (unpaired) electrons. The summed E-state index contributed by atoms with van der Waals surface area (Å²) in [7, 11) is 0. The molecule has 2 amide bonds. The monoisotopic (exact) mass is 562 g/mol. The van der Waals surface area contributed by atoms with Crippen LogP contribution in [-0.2, 0) is 4.79 Å². The molecule has 2 N–H and O–H groups in total. The van der Waals surface area contributed by atoms with E-state index in [1.54, 1.807) is 9.80 Å². The molecule has 0 saturated carbocycles. The number of halogens is 3. The fourth-order valence-electron chi connectivity index (χ4n) is 4.96. The van der Waals surface area contributed by atoms with Crippen molar-refractivity contribution in [2.24, 2.45) is 0 Å². The Morgan fingerprint density at radius 1 is 1.30 bits per heavy atom. The van der Waals surface area contributed by atoms with Crippen molar-refractivity contribution in [3.63, 3.8) is 0 Å². The number of nitrogens with zero attached hydrogens (tertiary/aromatic N) is 3. The summed E-state index contributed by atoms with van der Waals surface area (Å²) in [5, 5.41) is 9.74. The van der Waals surface area contributed by atoms with Crippen LogP contribution in [0.25, 0.3) is 21.2 Å². The zero-order valence-corrected chi connectivity index (χ0v) is 21.9. The first-order valence-corrected chi connectivity index (χ1v) is 13.3. The lowest BCUT2D eigenvalue weighted by Gasteiger charge is -2.42. The minimum atomic E-state index is -0.818. The van der Waals surface area contributed by atoms with Crippen molar-refractivity contribution in [2.45, 2.75) is 18.9 Å². The quantitative estimate of drug-likeness (QED) is 0.450. The molecule has 1 fully saturated rings. The van der Waals surface area contributed by atoms with Gasteiger partial charge in [-0.3, -0.25) is 9.59 Å². The Morgan fingerprint density at radius 2 is 2.08 bits per heavy atom. The van der Waals surface area contributed by atoms with Crippen molar-refractivity contribution in [3.8, 4) is 22.9 Å². The third-order valence-corrected chi connectivity index (χ3v) is 8.33. The predicted octanol–water partition coefficient (Wildman–Crippen LogP) is 4.71. The lowest BCUT2D eigenvalue weighted by atomic mass is 9.95. The second-order valence-electron chi connectivity index (χ2n) is 8.78. The molecule has 2 aliphatic rings. The molecule has 0 unspecified atom stereocenters. The van der Waals surface area contributed by atoms with E-state index >= 15 is 4.39 Å². The lowest BCUT2D eigenvalue weighted by molar-refractivity contribution is -0.133. The zero-order valence-electron chi connectivity index (χ0n) is 19.4. The van der Waals surface area contributed by atoms with Crippen molar-refractivity contribution >= 4 is 62.5 Å². The van der Waals surface area contributed by atoms with Crippen molar-refractivity contribution in [1.29, 1.82) is 5.26 Å². The van der Waals surface area contributed by atoms with Crippen molar-refractivity contribution in [3.05, 3.63) is 46.0 Å². The van der Waals surface area contributed by atoms with Gasteiger partial charge in [0, 0.05) is 43.4 Å². The second kappa shape index (κ2) is 10.0. The highest BCUT2D eigenvalue weighted by atomic mass is 35.5. The number of benzene rings is 2. The largest absolute Gasteiger partial charge is 0.491 e. The maximum Gasteiger partial charge on any atom is 0.258 e. The molecule has 0 spiro atoms. The van der Waals surface area contributed by atoms with Crippen molar-refractivity contribution < 1.29 is 23.1 Å². The van der Waals surface area contributed by atoms with E-state index in [4.69, 9.17) is 22.1 Å². The van der Waals surface area contributed by atoms with Crippen LogP contribution in [-0.4, -0.2) is 59.7 Å². The van der Waals surface area contributed by atoms with Crippen LogP contribution in [0, 0.1) is 23.0 Å². The van der Waals surface area contributed by atoms with Gasteiger partial charge in [0.25, 0.3) is 5.91 Å². The van der Waals surface area contributed by atoms with E-state index in [1.807, 2.05) is 6.07 Å². The molecule has 5 rings (SSSR count). The smallest absolute Gasteiger partial charge is 0.258 e. The van der Waals surface area contributed by atoms with E-state index in [0.29, 0.717) is 38.2 Å². The van der Waals surface area contributed by atoms with Crippen LogP contribution in [0.5, 0.6) is 5.75 Å². The van der Waals surface area contributed by atoms with Crippen LogP contribution < -0.4 is 10.5 Å². The van der Waals surface area contributed by atoms with E-state index in [1.165, 1.54) is 6.07 Å². The number of piperazine rings is 1. The molecule has 2 aromatic carbocycles. The number of anilines is 1. The topological polar surface area (TPSA) is 99.7 Å². The summed E-state index contributed by atoms with van der Waals surface area (Å²) in [5.74, 6) is -1.43. The van der Waals surface area contributed by atoms with Crippen LogP contribution in [0.1, 0.15) is 28.8 Å². The van der Waals surface area contributed by atoms with Crippen molar-refractivity contribution in [1.82, 2.24) is 9.80 Å². The first kappa shape index (κ1) is 25.6. The Kier molecular flexibility index (Phi) is 6.91.